The van der Waals surface area contributed by atoms with Crippen LogP contribution < -0.4 is 0 Å². The number of aromatic nitrogens is 1. The summed E-state index contributed by atoms with van der Waals surface area (Å²) in [6.45, 7) is 5.92. The lowest BCUT2D eigenvalue weighted by molar-refractivity contribution is -0.129. The number of carbonyl (C=O) groups excluding carboxylic acids is 2. The highest BCUT2D eigenvalue weighted by atomic mass is 35.5. The number of hydrogen-bond acceptors (Lipinski definition) is 6. The van der Waals surface area contributed by atoms with Crippen molar-refractivity contribution >= 4 is 46.0 Å². The first-order valence-electron chi connectivity index (χ1n) is 9.79. The van der Waals surface area contributed by atoms with Crippen LogP contribution in [-0.4, -0.2) is 33.2 Å². The van der Waals surface area contributed by atoms with Crippen molar-refractivity contribution in [2.75, 3.05) is 6.54 Å². The van der Waals surface area contributed by atoms with E-state index in [1.165, 1.54) is 22.7 Å². The first kappa shape index (κ1) is 21.7. The third-order valence-electron chi connectivity index (χ3n) is 5.36. The maximum Gasteiger partial charge on any atom is 0.290 e. The summed E-state index contributed by atoms with van der Waals surface area (Å²) in [5.74, 6) is -1.32. The van der Waals surface area contributed by atoms with Gasteiger partial charge in [0.05, 0.1) is 27.2 Å². The largest absolute Gasteiger partial charge is 0.503 e. The van der Waals surface area contributed by atoms with Crippen LogP contribution in [0, 0.1) is 20.8 Å². The van der Waals surface area contributed by atoms with Crippen LogP contribution in [0.4, 0.5) is 0 Å². The molecule has 3 aromatic rings. The third kappa shape index (κ3) is 4.05. The molecule has 8 heteroatoms. The molecular weight excluding hydrogens is 452 g/mol. The maximum absolute atomic E-state index is 13.5. The van der Waals surface area contributed by atoms with Crippen LogP contribution in [0.2, 0.25) is 5.02 Å². The molecule has 0 saturated heterocycles. The minimum Gasteiger partial charge on any atom is -0.503 e. The second kappa shape index (κ2) is 8.57. The smallest absolute Gasteiger partial charge is 0.290 e. The molecular formula is C23H21ClN2O3S2. The van der Waals surface area contributed by atoms with E-state index >= 15 is 0 Å². The van der Waals surface area contributed by atoms with Crippen LogP contribution in [0.25, 0.3) is 0 Å². The first-order valence-corrected chi connectivity index (χ1v) is 11.9. The molecule has 1 aliphatic rings. The molecule has 4 rings (SSSR count). The molecule has 5 nitrogen and oxygen atoms in total. The number of carbonyl (C=O) groups is 2. The number of benzene rings is 1. The zero-order valence-electron chi connectivity index (χ0n) is 17.3. The lowest BCUT2D eigenvalue weighted by atomic mass is 9.98. The third-order valence-corrected chi connectivity index (χ3v) is 7.76. The van der Waals surface area contributed by atoms with E-state index in [0.717, 1.165) is 21.0 Å². The highest BCUT2D eigenvalue weighted by Crippen LogP contribution is 2.43. The fourth-order valence-electron chi connectivity index (χ4n) is 3.82. The molecule has 0 radical (unpaired) electrons. The van der Waals surface area contributed by atoms with E-state index in [1.807, 2.05) is 49.6 Å². The number of aliphatic hydroxyl groups is 1. The van der Waals surface area contributed by atoms with Gasteiger partial charge < -0.3 is 10.0 Å². The molecule has 1 amide bonds. The number of aryl methyl sites for hydroxylation is 3. The van der Waals surface area contributed by atoms with Gasteiger partial charge in [-0.05, 0) is 61.9 Å². The van der Waals surface area contributed by atoms with Crippen molar-refractivity contribution in [3.05, 3.63) is 83.6 Å². The summed E-state index contributed by atoms with van der Waals surface area (Å²) >= 11 is 8.74. The minimum atomic E-state index is -0.617. The number of aliphatic hydroxyl groups excluding tert-OH is 1. The summed E-state index contributed by atoms with van der Waals surface area (Å²) in [5, 5.41) is 14.1. The fourth-order valence-corrected chi connectivity index (χ4v) is 5.86. The lowest BCUT2D eigenvalue weighted by Gasteiger charge is -2.26. The molecule has 3 heterocycles. The number of thiazole rings is 1. The average molecular weight is 473 g/mol. The molecule has 160 valence electrons. The molecule has 0 spiro atoms. The summed E-state index contributed by atoms with van der Waals surface area (Å²) in [4.78, 5) is 33.8. The Balaban J connectivity index is 1.72. The van der Waals surface area contributed by atoms with E-state index in [4.69, 9.17) is 11.6 Å². The summed E-state index contributed by atoms with van der Waals surface area (Å²) in [5.41, 5.74) is 2.75. The normalized spacial score (nSPS) is 16.5. The van der Waals surface area contributed by atoms with Gasteiger partial charge in [0.1, 0.15) is 0 Å². The van der Waals surface area contributed by atoms with E-state index in [2.05, 4.69) is 4.98 Å². The average Bonchev–Trinajstić information content (AvgIpc) is 3.37. The van der Waals surface area contributed by atoms with E-state index in [1.54, 1.807) is 11.8 Å². The summed E-state index contributed by atoms with van der Waals surface area (Å²) in [6, 6.07) is 8.79. The van der Waals surface area contributed by atoms with Gasteiger partial charge in [0.2, 0.25) is 5.78 Å². The Morgan fingerprint density at radius 1 is 1.19 bits per heavy atom. The number of amides is 1. The highest BCUT2D eigenvalue weighted by Gasteiger charge is 2.45. The quantitative estimate of drug-likeness (QED) is 0.474. The standard InChI is InChI=1S/C23H21ClN2O3S2/c1-12-9-11-30-21(12)18-17(19(27)22-13(2)25-14(3)31-22)20(28)23(29)26(18)10-8-15-4-6-16(24)7-5-15/h4-7,9,11,18,28H,8,10H2,1-3H3. The van der Waals surface area contributed by atoms with Crippen LogP contribution >= 0.6 is 34.3 Å². The Kier molecular flexibility index (Phi) is 6.01. The van der Waals surface area contributed by atoms with Crippen molar-refractivity contribution in [2.24, 2.45) is 0 Å². The van der Waals surface area contributed by atoms with Gasteiger partial charge in [-0.2, -0.15) is 0 Å². The number of rotatable bonds is 6. The van der Waals surface area contributed by atoms with Gasteiger partial charge in [-0.3, -0.25) is 9.59 Å². The Bertz CT molecular complexity index is 1190. The molecule has 2 aromatic heterocycles. The van der Waals surface area contributed by atoms with Gasteiger partial charge in [-0.25, -0.2) is 4.98 Å². The molecule has 1 aromatic carbocycles. The predicted molar refractivity (Wildman–Crippen MR) is 124 cm³/mol. The number of thiophene rings is 1. The minimum absolute atomic E-state index is 0.137. The summed E-state index contributed by atoms with van der Waals surface area (Å²) < 4.78 is 0. The summed E-state index contributed by atoms with van der Waals surface area (Å²) in [7, 11) is 0. The molecule has 0 saturated carbocycles. The predicted octanol–water partition coefficient (Wildman–Crippen LogP) is 5.60. The first-order chi connectivity index (χ1) is 14.8. The summed E-state index contributed by atoms with van der Waals surface area (Å²) in [6.07, 6.45) is 0.581. The van der Waals surface area contributed by atoms with Crippen molar-refractivity contribution in [3.8, 4) is 0 Å². The van der Waals surface area contributed by atoms with Gasteiger partial charge in [-0.15, -0.1) is 22.7 Å². The molecule has 0 bridgehead atoms. The molecule has 1 aliphatic heterocycles. The molecule has 1 unspecified atom stereocenters. The van der Waals surface area contributed by atoms with Gasteiger partial charge >= 0.3 is 0 Å². The Hall–Kier alpha value is -2.48. The van der Waals surface area contributed by atoms with Gasteiger partial charge in [0.25, 0.3) is 5.91 Å². The van der Waals surface area contributed by atoms with Crippen LogP contribution in [0.15, 0.2) is 47.0 Å². The Morgan fingerprint density at radius 2 is 1.90 bits per heavy atom. The zero-order chi connectivity index (χ0) is 22.3. The van der Waals surface area contributed by atoms with E-state index < -0.39 is 17.7 Å². The number of ketones is 1. The van der Waals surface area contributed by atoms with Crippen LogP contribution in [0.5, 0.6) is 0 Å². The van der Waals surface area contributed by atoms with Crippen LogP contribution in [0.3, 0.4) is 0 Å². The molecule has 0 fully saturated rings. The van der Waals surface area contributed by atoms with Crippen LogP contribution in [-0.2, 0) is 11.2 Å². The van der Waals surface area contributed by atoms with Crippen LogP contribution in [0.1, 0.15) is 42.4 Å². The Morgan fingerprint density at radius 3 is 2.48 bits per heavy atom. The lowest BCUT2D eigenvalue weighted by Crippen LogP contribution is -2.33. The van der Waals surface area contributed by atoms with Gasteiger partial charge in [-0.1, -0.05) is 23.7 Å². The molecule has 1 N–H and O–H groups in total. The number of halogens is 1. The number of hydrogen-bond donors (Lipinski definition) is 1. The second-order valence-corrected chi connectivity index (χ2v) is 10.1. The second-order valence-electron chi connectivity index (χ2n) is 7.48. The SMILES string of the molecule is Cc1nc(C)c(C(=O)C2=C(O)C(=O)N(CCc3ccc(Cl)cc3)C2c2sccc2C)s1. The zero-order valence-corrected chi connectivity index (χ0v) is 19.7. The van der Waals surface area contributed by atoms with E-state index in [9.17, 15) is 14.7 Å². The molecule has 1 atom stereocenters. The van der Waals surface area contributed by atoms with Crippen molar-refractivity contribution in [3.63, 3.8) is 0 Å². The van der Waals surface area contributed by atoms with Crippen molar-refractivity contribution in [1.82, 2.24) is 9.88 Å². The number of Topliss-reactive ketones (excluding diaryl/α,β-unsaturated/α-hetero) is 1. The molecule has 0 aliphatic carbocycles. The highest BCUT2D eigenvalue weighted by molar-refractivity contribution is 7.14. The van der Waals surface area contributed by atoms with Crippen molar-refractivity contribution in [2.45, 2.75) is 33.2 Å². The topological polar surface area (TPSA) is 70.5 Å². The monoisotopic (exact) mass is 472 g/mol. The molecule has 31 heavy (non-hydrogen) atoms. The fraction of sp³-hybridized carbons (Fsp3) is 0.261. The van der Waals surface area contributed by atoms with Crippen molar-refractivity contribution in [1.29, 1.82) is 0 Å². The maximum atomic E-state index is 13.5. The Labute approximate surface area is 193 Å². The van der Waals surface area contributed by atoms with Gasteiger partial charge in [0, 0.05) is 16.4 Å². The van der Waals surface area contributed by atoms with E-state index in [-0.39, 0.29) is 11.4 Å². The van der Waals surface area contributed by atoms with Crippen molar-refractivity contribution < 1.29 is 14.7 Å². The van der Waals surface area contributed by atoms with Gasteiger partial charge in [0.15, 0.2) is 5.76 Å². The van der Waals surface area contributed by atoms with E-state index in [0.29, 0.717) is 28.6 Å². The number of nitrogens with zero attached hydrogens (tertiary/aromatic N) is 2.